The largest absolute Gasteiger partial charge is 0.391 e. The highest BCUT2D eigenvalue weighted by molar-refractivity contribution is 5.98. The van der Waals surface area contributed by atoms with Crippen molar-refractivity contribution < 1.29 is 19.1 Å². The Labute approximate surface area is 149 Å². The van der Waals surface area contributed by atoms with E-state index in [1.165, 1.54) is 12.1 Å². The Hall–Kier alpha value is -2.74. The number of amides is 2. The summed E-state index contributed by atoms with van der Waals surface area (Å²) in [6.07, 6.45) is 4.05. The number of nitrogens with zero attached hydrogens (tertiary/aromatic N) is 2. The number of hydrogen-bond acceptors (Lipinski definition) is 4. The van der Waals surface area contributed by atoms with Crippen LogP contribution < -0.4 is 10.6 Å². The zero-order valence-corrected chi connectivity index (χ0v) is 14.2. The van der Waals surface area contributed by atoms with Crippen LogP contribution in [0.1, 0.15) is 40.4 Å². The second kappa shape index (κ2) is 6.21. The monoisotopic (exact) mass is 358 g/mol. The van der Waals surface area contributed by atoms with E-state index in [9.17, 15) is 19.1 Å². The Morgan fingerprint density at radius 3 is 2.92 bits per heavy atom. The smallest absolute Gasteiger partial charge is 0.254 e. The fourth-order valence-electron chi connectivity index (χ4n) is 3.53. The lowest BCUT2D eigenvalue weighted by molar-refractivity contribution is -0.116. The molecule has 1 aromatic heterocycles. The van der Waals surface area contributed by atoms with Gasteiger partial charge in [-0.1, -0.05) is 0 Å². The molecular formula is C18H19FN4O3. The van der Waals surface area contributed by atoms with Gasteiger partial charge in [-0.2, -0.15) is 5.10 Å². The molecule has 0 spiro atoms. The van der Waals surface area contributed by atoms with Crippen molar-refractivity contribution in [1.82, 2.24) is 15.1 Å². The minimum atomic E-state index is -0.685. The Kier molecular flexibility index (Phi) is 3.99. The first-order chi connectivity index (χ1) is 12.4. The minimum Gasteiger partial charge on any atom is -0.391 e. The standard InChI is InChI=1S/C18H19FN4O3/c1-9-7-20-23(8-9)17-14(6-15(17)24)22-18(26)11-4-10-2-3-16(25)21-13(10)5-12(11)19/h4-5,7-8,14-15,17,24H,2-3,6H2,1H3,(H,21,25)(H,22,26)/t14-,15+,17+/m0/s1. The number of hydrogen-bond donors (Lipinski definition) is 3. The van der Waals surface area contributed by atoms with Crippen LogP contribution in [0.5, 0.6) is 0 Å². The van der Waals surface area contributed by atoms with Gasteiger partial charge in [0.25, 0.3) is 5.91 Å². The highest BCUT2D eigenvalue weighted by Gasteiger charge is 2.43. The molecule has 1 saturated carbocycles. The van der Waals surface area contributed by atoms with Crippen LogP contribution in [-0.2, 0) is 11.2 Å². The Morgan fingerprint density at radius 2 is 2.23 bits per heavy atom. The fourth-order valence-corrected chi connectivity index (χ4v) is 3.53. The maximum absolute atomic E-state index is 14.3. The van der Waals surface area contributed by atoms with Gasteiger partial charge in [-0.25, -0.2) is 4.39 Å². The zero-order chi connectivity index (χ0) is 18.4. The number of aliphatic hydroxyl groups is 1. The summed E-state index contributed by atoms with van der Waals surface area (Å²) in [6, 6.07) is 1.98. The van der Waals surface area contributed by atoms with E-state index in [0.29, 0.717) is 24.9 Å². The van der Waals surface area contributed by atoms with Crippen molar-refractivity contribution in [3.05, 3.63) is 47.0 Å². The van der Waals surface area contributed by atoms with Crippen LogP contribution in [0.4, 0.5) is 10.1 Å². The van der Waals surface area contributed by atoms with Crippen LogP contribution >= 0.6 is 0 Å². The van der Waals surface area contributed by atoms with Gasteiger partial charge in [-0.05, 0) is 43.0 Å². The second-order valence-electron chi connectivity index (χ2n) is 6.91. The van der Waals surface area contributed by atoms with Crippen LogP contribution in [0.15, 0.2) is 24.5 Å². The molecule has 2 aliphatic rings. The van der Waals surface area contributed by atoms with Crippen molar-refractivity contribution in [1.29, 1.82) is 0 Å². The molecule has 0 unspecified atom stereocenters. The lowest BCUT2D eigenvalue weighted by atomic mass is 9.82. The van der Waals surface area contributed by atoms with E-state index in [2.05, 4.69) is 15.7 Å². The highest BCUT2D eigenvalue weighted by Crippen LogP contribution is 2.33. The first-order valence-corrected chi connectivity index (χ1v) is 8.54. The number of rotatable bonds is 3. The molecule has 4 rings (SSSR count). The molecule has 1 aliphatic heterocycles. The Bertz CT molecular complexity index is 895. The number of fused-ring (bicyclic) bond motifs is 1. The quantitative estimate of drug-likeness (QED) is 0.771. The number of benzene rings is 1. The number of aromatic nitrogens is 2. The van der Waals surface area contributed by atoms with Crippen LogP contribution in [0.2, 0.25) is 0 Å². The number of aryl methyl sites for hydroxylation is 2. The van der Waals surface area contributed by atoms with Gasteiger partial charge in [0.15, 0.2) is 0 Å². The van der Waals surface area contributed by atoms with Gasteiger partial charge < -0.3 is 15.7 Å². The maximum atomic E-state index is 14.3. The topological polar surface area (TPSA) is 96.2 Å². The van der Waals surface area contributed by atoms with E-state index in [-0.39, 0.29) is 23.6 Å². The minimum absolute atomic E-state index is 0.0586. The summed E-state index contributed by atoms with van der Waals surface area (Å²) in [7, 11) is 0. The van der Waals surface area contributed by atoms with E-state index < -0.39 is 17.8 Å². The van der Waals surface area contributed by atoms with Crippen molar-refractivity contribution in [2.45, 2.75) is 44.4 Å². The van der Waals surface area contributed by atoms with E-state index in [4.69, 9.17) is 0 Å². The average molecular weight is 358 g/mol. The normalized spacial score (nSPS) is 24.4. The average Bonchev–Trinajstić information content (AvgIpc) is 2.98. The third-order valence-corrected chi connectivity index (χ3v) is 4.99. The molecule has 0 saturated heterocycles. The first-order valence-electron chi connectivity index (χ1n) is 8.54. The molecule has 7 nitrogen and oxygen atoms in total. The number of carbonyl (C=O) groups excluding carboxylic acids is 2. The molecule has 0 radical (unpaired) electrons. The summed E-state index contributed by atoms with van der Waals surface area (Å²) in [5.41, 5.74) is 2.05. The Morgan fingerprint density at radius 1 is 1.42 bits per heavy atom. The third-order valence-electron chi connectivity index (χ3n) is 4.99. The maximum Gasteiger partial charge on any atom is 0.254 e. The molecule has 1 fully saturated rings. The molecule has 26 heavy (non-hydrogen) atoms. The summed E-state index contributed by atoms with van der Waals surface area (Å²) in [5.74, 6) is -1.38. The molecule has 136 valence electrons. The number of halogens is 1. The molecule has 3 atom stereocenters. The summed E-state index contributed by atoms with van der Waals surface area (Å²) in [5, 5.41) is 19.6. The predicted molar refractivity (Wildman–Crippen MR) is 91.2 cm³/mol. The second-order valence-corrected chi connectivity index (χ2v) is 6.91. The van der Waals surface area contributed by atoms with Gasteiger partial charge in [0.05, 0.1) is 29.9 Å². The van der Waals surface area contributed by atoms with Gasteiger partial charge in [0, 0.05) is 18.3 Å². The van der Waals surface area contributed by atoms with Crippen LogP contribution in [0, 0.1) is 12.7 Å². The number of anilines is 1. The molecule has 8 heteroatoms. The molecule has 2 aromatic rings. The van der Waals surface area contributed by atoms with Crippen molar-refractivity contribution in [3.8, 4) is 0 Å². The summed E-state index contributed by atoms with van der Waals surface area (Å²) in [4.78, 5) is 24.0. The third kappa shape index (κ3) is 2.86. The predicted octanol–water partition coefficient (Wildman–Crippen LogP) is 1.32. The van der Waals surface area contributed by atoms with Crippen LogP contribution in [-0.4, -0.2) is 38.8 Å². The van der Waals surface area contributed by atoms with Gasteiger partial charge in [-0.15, -0.1) is 0 Å². The number of aliphatic hydroxyl groups excluding tert-OH is 1. The molecule has 1 aliphatic carbocycles. The molecule has 3 N–H and O–H groups in total. The van der Waals surface area contributed by atoms with E-state index in [1.807, 2.05) is 6.92 Å². The van der Waals surface area contributed by atoms with Gasteiger partial charge >= 0.3 is 0 Å². The van der Waals surface area contributed by atoms with Crippen molar-refractivity contribution >= 4 is 17.5 Å². The van der Waals surface area contributed by atoms with E-state index >= 15 is 0 Å². The summed E-state index contributed by atoms with van der Waals surface area (Å²) in [6.45, 7) is 1.89. The van der Waals surface area contributed by atoms with Crippen molar-refractivity contribution in [3.63, 3.8) is 0 Å². The number of carbonyl (C=O) groups is 2. The van der Waals surface area contributed by atoms with Crippen LogP contribution in [0.25, 0.3) is 0 Å². The molecule has 2 amide bonds. The van der Waals surface area contributed by atoms with Crippen molar-refractivity contribution in [2.75, 3.05) is 5.32 Å². The van der Waals surface area contributed by atoms with E-state index in [0.717, 1.165) is 11.1 Å². The lowest BCUT2D eigenvalue weighted by Crippen LogP contribution is -2.56. The highest BCUT2D eigenvalue weighted by atomic mass is 19.1. The van der Waals surface area contributed by atoms with Crippen LogP contribution in [0.3, 0.4) is 0 Å². The lowest BCUT2D eigenvalue weighted by Gasteiger charge is -2.41. The molecule has 0 bridgehead atoms. The zero-order valence-electron chi connectivity index (χ0n) is 14.2. The Balaban J connectivity index is 1.52. The van der Waals surface area contributed by atoms with E-state index in [1.54, 1.807) is 17.1 Å². The molecule has 2 heterocycles. The fraction of sp³-hybridized carbons (Fsp3) is 0.389. The molecule has 1 aromatic carbocycles. The van der Waals surface area contributed by atoms with Gasteiger partial charge in [0.2, 0.25) is 5.91 Å². The van der Waals surface area contributed by atoms with Gasteiger partial charge in [0.1, 0.15) is 5.82 Å². The summed E-state index contributed by atoms with van der Waals surface area (Å²) < 4.78 is 16.0. The van der Waals surface area contributed by atoms with Gasteiger partial charge in [-0.3, -0.25) is 14.3 Å². The number of nitrogens with one attached hydrogen (secondary N) is 2. The van der Waals surface area contributed by atoms with Crippen molar-refractivity contribution in [2.24, 2.45) is 0 Å². The first kappa shape index (κ1) is 16.7. The SMILES string of the molecule is Cc1cnn([C@H]2[C@H](O)C[C@@H]2NC(=O)c2cc3c(cc2F)NC(=O)CC3)c1. The summed E-state index contributed by atoms with van der Waals surface area (Å²) >= 11 is 0. The molecular weight excluding hydrogens is 339 g/mol.